The van der Waals surface area contributed by atoms with E-state index in [1.54, 1.807) is 11.3 Å². The lowest BCUT2D eigenvalue weighted by Crippen LogP contribution is -2.42. The number of aromatic nitrogens is 1. The molecule has 0 amide bonds. The smallest absolute Gasteiger partial charge is 0.320 e. The monoisotopic (exact) mass is 278 g/mol. The third kappa shape index (κ3) is 3.11. The van der Waals surface area contributed by atoms with E-state index in [1.807, 2.05) is 38.4 Å². The summed E-state index contributed by atoms with van der Waals surface area (Å²) in [6, 6.07) is 3.47. The van der Waals surface area contributed by atoms with Crippen LogP contribution in [0.4, 0.5) is 0 Å². The minimum atomic E-state index is -0.813. The quantitative estimate of drug-likeness (QED) is 0.882. The van der Waals surface area contributed by atoms with E-state index in [0.717, 1.165) is 15.8 Å². The van der Waals surface area contributed by atoms with Gasteiger partial charge in [-0.25, -0.2) is 0 Å². The molecule has 0 fully saturated rings. The maximum Gasteiger partial charge on any atom is 0.320 e. The van der Waals surface area contributed by atoms with Gasteiger partial charge in [-0.3, -0.25) is 15.1 Å². The Morgan fingerprint density at radius 1 is 1.42 bits per heavy atom. The van der Waals surface area contributed by atoms with Crippen molar-refractivity contribution in [2.24, 2.45) is 5.92 Å². The summed E-state index contributed by atoms with van der Waals surface area (Å²) in [6.07, 6.45) is 1.81. The lowest BCUT2D eigenvalue weighted by molar-refractivity contribution is -0.140. The molecule has 5 heteroatoms. The second kappa shape index (κ2) is 5.67. The first-order valence-electron chi connectivity index (χ1n) is 6.31. The van der Waals surface area contributed by atoms with Crippen LogP contribution in [0.5, 0.6) is 0 Å². The highest BCUT2D eigenvalue weighted by molar-refractivity contribution is 7.17. The Bertz CT molecular complexity index is 580. The van der Waals surface area contributed by atoms with E-state index < -0.39 is 12.0 Å². The fourth-order valence-electron chi connectivity index (χ4n) is 2.01. The molecule has 2 heterocycles. The third-order valence-electron chi connectivity index (χ3n) is 3.19. The second-order valence-electron chi connectivity index (χ2n) is 5.02. The lowest BCUT2D eigenvalue weighted by Gasteiger charge is -2.23. The summed E-state index contributed by atoms with van der Waals surface area (Å²) in [4.78, 5) is 15.6. The van der Waals surface area contributed by atoms with Crippen LogP contribution in [-0.2, 0) is 4.79 Å². The van der Waals surface area contributed by atoms with Gasteiger partial charge < -0.3 is 5.11 Å². The largest absolute Gasteiger partial charge is 0.480 e. The number of nitrogens with zero attached hydrogens (tertiary/aromatic N) is 1. The second-order valence-corrected chi connectivity index (χ2v) is 5.97. The summed E-state index contributed by atoms with van der Waals surface area (Å²) in [6.45, 7) is 5.77. The lowest BCUT2D eigenvalue weighted by atomic mass is 10.0. The van der Waals surface area contributed by atoms with Gasteiger partial charge >= 0.3 is 5.97 Å². The van der Waals surface area contributed by atoms with Crippen LogP contribution in [-0.4, -0.2) is 22.1 Å². The molecule has 0 saturated carbocycles. The molecule has 2 atom stereocenters. The van der Waals surface area contributed by atoms with Gasteiger partial charge in [0.1, 0.15) is 6.04 Å². The Labute approximate surface area is 116 Å². The van der Waals surface area contributed by atoms with Gasteiger partial charge in [-0.2, -0.15) is 0 Å². The molecule has 19 heavy (non-hydrogen) atoms. The summed E-state index contributed by atoms with van der Waals surface area (Å²) in [7, 11) is 0. The van der Waals surface area contributed by atoms with Crippen molar-refractivity contribution in [1.29, 1.82) is 0 Å². The summed E-state index contributed by atoms with van der Waals surface area (Å²) < 4.78 is 1.13. The summed E-state index contributed by atoms with van der Waals surface area (Å²) in [5.41, 5.74) is 2.00. The first-order valence-corrected chi connectivity index (χ1v) is 7.19. The Hall–Kier alpha value is -1.46. The van der Waals surface area contributed by atoms with E-state index in [0.29, 0.717) is 0 Å². The van der Waals surface area contributed by atoms with E-state index in [2.05, 4.69) is 16.4 Å². The molecule has 0 bridgehead atoms. The Balaban J connectivity index is 2.18. The topological polar surface area (TPSA) is 62.2 Å². The van der Waals surface area contributed by atoms with Crippen molar-refractivity contribution in [2.75, 3.05) is 0 Å². The van der Waals surface area contributed by atoms with E-state index >= 15 is 0 Å². The Morgan fingerprint density at radius 3 is 2.79 bits per heavy atom. The molecule has 0 radical (unpaired) electrons. The Morgan fingerprint density at radius 2 is 2.16 bits per heavy atom. The number of hydrogen-bond donors (Lipinski definition) is 2. The first kappa shape index (κ1) is 14.0. The van der Waals surface area contributed by atoms with Crippen LogP contribution in [0.25, 0.3) is 10.2 Å². The molecule has 0 saturated heterocycles. The normalized spacial score (nSPS) is 14.7. The van der Waals surface area contributed by atoms with Crippen LogP contribution >= 0.6 is 11.3 Å². The summed E-state index contributed by atoms with van der Waals surface area (Å²) in [5.74, 6) is -0.773. The highest BCUT2D eigenvalue weighted by Gasteiger charge is 2.23. The minimum Gasteiger partial charge on any atom is -0.480 e. The molecule has 102 valence electrons. The van der Waals surface area contributed by atoms with Crippen molar-refractivity contribution in [3.63, 3.8) is 0 Å². The minimum absolute atomic E-state index is 0.0394. The highest BCUT2D eigenvalue weighted by atomic mass is 32.1. The van der Waals surface area contributed by atoms with Gasteiger partial charge in [-0.1, -0.05) is 13.8 Å². The third-order valence-corrected chi connectivity index (χ3v) is 4.04. The number of fused-ring (bicyclic) bond motifs is 1. The zero-order valence-electron chi connectivity index (χ0n) is 11.3. The Kier molecular flexibility index (Phi) is 4.17. The number of nitrogens with one attached hydrogen (secondary N) is 1. The van der Waals surface area contributed by atoms with Gasteiger partial charge in [0.05, 0.1) is 10.2 Å². The molecular weight excluding hydrogens is 260 g/mol. The predicted molar refractivity (Wildman–Crippen MR) is 77.4 cm³/mol. The van der Waals surface area contributed by atoms with Crippen LogP contribution in [0, 0.1) is 5.92 Å². The SMILES string of the molecule is CC(NC(C(=O)O)C(C)C)c1cnc2ccsc2c1. The fourth-order valence-corrected chi connectivity index (χ4v) is 2.80. The van der Waals surface area contributed by atoms with Gasteiger partial charge in [0.2, 0.25) is 0 Å². The van der Waals surface area contributed by atoms with E-state index in [1.165, 1.54) is 0 Å². The van der Waals surface area contributed by atoms with Crippen molar-refractivity contribution in [3.05, 3.63) is 29.3 Å². The van der Waals surface area contributed by atoms with Crippen molar-refractivity contribution in [1.82, 2.24) is 10.3 Å². The van der Waals surface area contributed by atoms with Crippen LogP contribution in [0.2, 0.25) is 0 Å². The molecule has 2 aromatic rings. The fraction of sp³-hybridized carbons (Fsp3) is 0.429. The van der Waals surface area contributed by atoms with E-state index in [4.69, 9.17) is 0 Å². The number of carboxylic acid groups (broad SMARTS) is 1. The van der Waals surface area contributed by atoms with Crippen LogP contribution in [0.3, 0.4) is 0 Å². The predicted octanol–water partition coefficient (Wildman–Crippen LogP) is 3.06. The van der Waals surface area contributed by atoms with Crippen molar-refractivity contribution in [3.8, 4) is 0 Å². The molecule has 2 N–H and O–H groups in total. The van der Waals surface area contributed by atoms with Gasteiger partial charge in [0.25, 0.3) is 0 Å². The summed E-state index contributed by atoms with van der Waals surface area (Å²) in [5, 5.41) is 14.4. The first-order chi connectivity index (χ1) is 8.99. The number of carboxylic acids is 1. The molecule has 0 spiro atoms. The van der Waals surface area contributed by atoms with Crippen molar-refractivity contribution < 1.29 is 9.90 Å². The number of rotatable bonds is 5. The molecule has 0 aromatic carbocycles. The van der Waals surface area contributed by atoms with Crippen LogP contribution < -0.4 is 5.32 Å². The van der Waals surface area contributed by atoms with Crippen LogP contribution in [0.15, 0.2) is 23.7 Å². The van der Waals surface area contributed by atoms with Gasteiger partial charge in [0.15, 0.2) is 0 Å². The maximum absolute atomic E-state index is 11.2. The van der Waals surface area contributed by atoms with Gasteiger partial charge in [-0.05, 0) is 35.9 Å². The molecule has 0 aliphatic rings. The average molecular weight is 278 g/mol. The molecule has 2 unspecified atom stereocenters. The molecule has 2 rings (SSSR count). The molecule has 2 aromatic heterocycles. The zero-order chi connectivity index (χ0) is 14.0. The number of pyridine rings is 1. The maximum atomic E-state index is 11.2. The van der Waals surface area contributed by atoms with Gasteiger partial charge in [-0.15, -0.1) is 11.3 Å². The van der Waals surface area contributed by atoms with E-state index in [9.17, 15) is 9.90 Å². The highest BCUT2D eigenvalue weighted by Crippen LogP contribution is 2.23. The molecular formula is C14H18N2O2S. The zero-order valence-corrected chi connectivity index (χ0v) is 12.1. The summed E-state index contributed by atoms with van der Waals surface area (Å²) >= 11 is 1.64. The number of aliphatic carboxylic acids is 1. The number of hydrogen-bond acceptors (Lipinski definition) is 4. The number of carbonyl (C=O) groups is 1. The number of thiophene rings is 1. The molecule has 4 nitrogen and oxygen atoms in total. The molecule has 0 aliphatic heterocycles. The van der Waals surface area contributed by atoms with Crippen LogP contribution in [0.1, 0.15) is 32.4 Å². The average Bonchev–Trinajstić information content (AvgIpc) is 2.81. The van der Waals surface area contributed by atoms with Crippen molar-refractivity contribution in [2.45, 2.75) is 32.9 Å². The molecule has 0 aliphatic carbocycles. The van der Waals surface area contributed by atoms with E-state index in [-0.39, 0.29) is 12.0 Å². The van der Waals surface area contributed by atoms with Crippen molar-refractivity contribution >= 4 is 27.5 Å². The standard InChI is InChI=1S/C14H18N2O2S/c1-8(2)13(14(17)18)16-9(3)10-6-12-11(15-7-10)4-5-19-12/h4-9,13,16H,1-3H3,(H,17,18). The van der Waals surface area contributed by atoms with Gasteiger partial charge in [0, 0.05) is 12.2 Å².